The highest BCUT2D eigenvalue weighted by atomic mass is 16.4. The van der Waals surface area contributed by atoms with Gasteiger partial charge in [0.15, 0.2) is 0 Å². The lowest BCUT2D eigenvalue weighted by Crippen LogP contribution is -2.43. The maximum Gasteiger partial charge on any atom is 0.309 e. The first-order valence-corrected chi connectivity index (χ1v) is 7.49. The zero-order chi connectivity index (χ0) is 14.8. The molecule has 110 valence electrons. The first kappa shape index (κ1) is 15.0. The third kappa shape index (κ3) is 3.04. The van der Waals surface area contributed by atoms with Crippen LogP contribution in [0.15, 0.2) is 18.2 Å². The van der Waals surface area contributed by atoms with Crippen LogP contribution >= 0.6 is 0 Å². The molecule has 0 saturated carbocycles. The van der Waals surface area contributed by atoms with Gasteiger partial charge in [-0.05, 0) is 62.9 Å². The lowest BCUT2D eigenvalue weighted by atomic mass is 9.76. The maximum absolute atomic E-state index is 11.4. The molecule has 0 amide bonds. The topological polar surface area (TPSA) is 40.5 Å². The summed E-state index contributed by atoms with van der Waals surface area (Å²) in [6.45, 7) is 8.96. The number of rotatable bonds is 4. The third-order valence-electron chi connectivity index (χ3n) is 4.92. The van der Waals surface area contributed by atoms with E-state index in [2.05, 4.69) is 36.9 Å². The Kier molecular flexibility index (Phi) is 4.48. The highest BCUT2D eigenvalue weighted by Crippen LogP contribution is 2.35. The Morgan fingerprint density at radius 1 is 1.25 bits per heavy atom. The van der Waals surface area contributed by atoms with E-state index in [0.717, 1.165) is 38.9 Å². The number of hydrogen-bond acceptors (Lipinski definition) is 2. The predicted octanol–water partition coefficient (Wildman–Crippen LogP) is 3.38. The highest BCUT2D eigenvalue weighted by Gasteiger charge is 2.39. The van der Waals surface area contributed by atoms with Crippen molar-refractivity contribution in [2.45, 2.75) is 46.6 Å². The van der Waals surface area contributed by atoms with Crippen LogP contribution in [-0.4, -0.2) is 29.1 Å². The SMILES string of the molecule is CCC1(C(=O)O)CCN(Cc2ccc(C)c(C)c2)CC1. The van der Waals surface area contributed by atoms with Gasteiger partial charge in [-0.25, -0.2) is 0 Å². The molecule has 0 radical (unpaired) electrons. The fourth-order valence-electron chi connectivity index (χ4n) is 3.02. The van der Waals surface area contributed by atoms with Gasteiger partial charge in [0, 0.05) is 6.54 Å². The minimum Gasteiger partial charge on any atom is -0.481 e. The molecule has 0 aliphatic carbocycles. The number of carbonyl (C=O) groups is 1. The molecule has 3 nitrogen and oxygen atoms in total. The quantitative estimate of drug-likeness (QED) is 0.915. The maximum atomic E-state index is 11.4. The zero-order valence-corrected chi connectivity index (χ0v) is 12.8. The van der Waals surface area contributed by atoms with Gasteiger partial charge >= 0.3 is 5.97 Å². The van der Waals surface area contributed by atoms with Crippen LogP contribution in [0.25, 0.3) is 0 Å². The van der Waals surface area contributed by atoms with Gasteiger partial charge in [-0.15, -0.1) is 0 Å². The van der Waals surface area contributed by atoms with Crippen LogP contribution in [0.2, 0.25) is 0 Å². The second-order valence-electron chi connectivity index (χ2n) is 6.13. The lowest BCUT2D eigenvalue weighted by Gasteiger charge is -2.38. The number of aliphatic carboxylic acids is 1. The van der Waals surface area contributed by atoms with E-state index in [4.69, 9.17) is 0 Å². The molecule has 1 heterocycles. The summed E-state index contributed by atoms with van der Waals surface area (Å²) in [6.07, 6.45) is 2.27. The summed E-state index contributed by atoms with van der Waals surface area (Å²) < 4.78 is 0. The van der Waals surface area contributed by atoms with Gasteiger partial charge < -0.3 is 5.11 Å². The number of nitrogens with zero attached hydrogens (tertiary/aromatic N) is 1. The third-order valence-corrected chi connectivity index (χ3v) is 4.92. The van der Waals surface area contributed by atoms with E-state index in [9.17, 15) is 9.90 Å². The summed E-state index contributed by atoms with van der Waals surface area (Å²) in [6, 6.07) is 6.59. The van der Waals surface area contributed by atoms with Crippen molar-refractivity contribution in [2.24, 2.45) is 5.41 Å². The largest absolute Gasteiger partial charge is 0.481 e. The number of hydrogen-bond donors (Lipinski definition) is 1. The molecule has 0 spiro atoms. The fraction of sp³-hybridized carbons (Fsp3) is 0.588. The summed E-state index contributed by atoms with van der Waals surface area (Å²) in [5, 5.41) is 9.41. The Hall–Kier alpha value is -1.35. The van der Waals surface area contributed by atoms with E-state index in [-0.39, 0.29) is 0 Å². The van der Waals surface area contributed by atoms with Gasteiger partial charge in [0.25, 0.3) is 0 Å². The molecule has 1 saturated heterocycles. The molecular formula is C17H25NO2. The second-order valence-corrected chi connectivity index (χ2v) is 6.13. The van der Waals surface area contributed by atoms with Crippen LogP contribution in [-0.2, 0) is 11.3 Å². The van der Waals surface area contributed by atoms with E-state index >= 15 is 0 Å². The van der Waals surface area contributed by atoms with Crippen LogP contribution in [0.3, 0.4) is 0 Å². The van der Waals surface area contributed by atoms with Crippen LogP contribution < -0.4 is 0 Å². The zero-order valence-electron chi connectivity index (χ0n) is 12.8. The molecule has 0 aromatic heterocycles. The minimum absolute atomic E-state index is 0.486. The molecule has 0 bridgehead atoms. The summed E-state index contributed by atoms with van der Waals surface area (Å²) >= 11 is 0. The van der Waals surface area contributed by atoms with Gasteiger partial charge in [0.1, 0.15) is 0 Å². The molecule has 1 aromatic rings. The van der Waals surface area contributed by atoms with Crippen LogP contribution in [0.5, 0.6) is 0 Å². The van der Waals surface area contributed by atoms with Crippen molar-refractivity contribution in [3.8, 4) is 0 Å². The normalized spacial score (nSPS) is 18.9. The highest BCUT2D eigenvalue weighted by molar-refractivity contribution is 5.74. The molecule has 1 aliphatic heterocycles. The van der Waals surface area contributed by atoms with Crippen molar-refractivity contribution in [1.29, 1.82) is 0 Å². The number of piperidine rings is 1. The Balaban J connectivity index is 1.97. The van der Waals surface area contributed by atoms with Crippen molar-refractivity contribution in [1.82, 2.24) is 4.90 Å². The Morgan fingerprint density at radius 2 is 1.90 bits per heavy atom. The molecule has 0 atom stereocenters. The predicted molar refractivity (Wildman–Crippen MR) is 80.8 cm³/mol. The molecule has 1 aliphatic rings. The van der Waals surface area contributed by atoms with E-state index in [1.54, 1.807) is 0 Å². The number of carboxylic acids is 1. The van der Waals surface area contributed by atoms with Crippen LogP contribution in [0.1, 0.15) is 42.9 Å². The molecule has 1 aromatic carbocycles. The van der Waals surface area contributed by atoms with Gasteiger partial charge in [0.05, 0.1) is 5.41 Å². The fourth-order valence-corrected chi connectivity index (χ4v) is 3.02. The number of likely N-dealkylation sites (tertiary alicyclic amines) is 1. The Labute approximate surface area is 121 Å². The van der Waals surface area contributed by atoms with E-state index in [0.29, 0.717) is 0 Å². The summed E-state index contributed by atoms with van der Waals surface area (Å²) in [5.74, 6) is -0.620. The molecule has 0 unspecified atom stereocenters. The van der Waals surface area contributed by atoms with Crippen molar-refractivity contribution >= 4 is 5.97 Å². The molecule has 3 heteroatoms. The number of benzene rings is 1. The average molecular weight is 275 g/mol. The minimum atomic E-state index is -0.620. The van der Waals surface area contributed by atoms with Crippen molar-refractivity contribution in [2.75, 3.05) is 13.1 Å². The number of carboxylic acid groups (broad SMARTS) is 1. The monoisotopic (exact) mass is 275 g/mol. The van der Waals surface area contributed by atoms with Gasteiger partial charge in [-0.3, -0.25) is 9.69 Å². The lowest BCUT2D eigenvalue weighted by molar-refractivity contribution is -0.152. The second kappa shape index (κ2) is 5.96. The van der Waals surface area contributed by atoms with E-state index in [1.807, 2.05) is 6.92 Å². The first-order valence-electron chi connectivity index (χ1n) is 7.49. The number of aryl methyl sites for hydroxylation is 2. The molecule has 20 heavy (non-hydrogen) atoms. The summed E-state index contributed by atoms with van der Waals surface area (Å²) in [5.41, 5.74) is 3.49. The summed E-state index contributed by atoms with van der Waals surface area (Å²) in [4.78, 5) is 13.8. The van der Waals surface area contributed by atoms with E-state index in [1.165, 1.54) is 16.7 Å². The molecule has 1 fully saturated rings. The Morgan fingerprint density at radius 3 is 2.40 bits per heavy atom. The van der Waals surface area contributed by atoms with Gasteiger partial charge in [0.2, 0.25) is 0 Å². The summed E-state index contributed by atoms with van der Waals surface area (Å²) in [7, 11) is 0. The van der Waals surface area contributed by atoms with Gasteiger partial charge in [-0.1, -0.05) is 25.1 Å². The molecule has 2 rings (SSSR count). The van der Waals surface area contributed by atoms with Gasteiger partial charge in [-0.2, -0.15) is 0 Å². The Bertz CT molecular complexity index is 488. The van der Waals surface area contributed by atoms with Crippen LogP contribution in [0, 0.1) is 19.3 Å². The first-order chi connectivity index (χ1) is 9.47. The van der Waals surface area contributed by atoms with Crippen molar-refractivity contribution < 1.29 is 9.90 Å². The molecular weight excluding hydrogens is 250 g/mol. The van der Waals surface area contributed by atoms with Crippen LogP contribution in [0.4, 0.5) is 0 Å². The van der Waals surface area contributed by atoms with Crippen molar-refractivity contribution in [3.05, 3.63) is 34.9 Å². The standard InChI is InChI=1S/C17H25NO2/c1-4-17(16(19)20)7-9-18(10-8-17)12-15-6-5-13(2)14(3)11-15/h5-6,11H,4,7-10,12H2,1-3H3,(H,19,20). The molecule has 1 N–H and O–H groups in total. The smallest absolute Gasteiger partial charge is 0.309 e. The van der Waals surface area contributed by atoms with Crippen molar-refractivity contribution in [3.63, 3.8) is 0 Å². The average Bonchev–Trinajstić information content (AvgIpc) is 2.44. The van der Waals surface area contributed by atoms with E-state index < -0.39 is 11.4 Å².